The second-order valence-corrected chi connectivity index (χ2v) is 5.69. The maximum Gasteiger partial charge on any atom is 0.249 e. The number of nitrogens with zero attached hydrogens (tertiary/aromatic N) is 3. The fourth-order valence-electron chi connectivity index (χ4n) is 2.16. The topological polar surface area (TPSA) is 92.9 Å². The molecule has 0 aromatic carbocycles. The molecule has 0 aliphatic rings. The molecule has 0 aliphatic heterocycles. The zero-order chi connectivity index (χ0) is 16.7. The highest BCUT2D eigenvalue weighted by Crippen LogP contribution is 2.23. The standard InChI is InChI=1S/C16H23N5O2.2ClH/c1-11(2)14(19-13(22)7-5-8-17-3)16-20-15(21-23-16)12-6-4-9-18-10-12;;/h4,6,9-11,14,17H,5,7-8H2,1-3H3,(H,19,22);2*1H. The third kappa shape index (κ3) is 6.97. The fraction of sp³-hybridized carbons (Fsp3) is 0.500. The molecule has 0 bridgehead atoms. The number of halogens is 2. The van der Waals surface area contributed by atoms with Crippen LogP contribution >= 0.6 is 24.8 Å². The molecule has 2 aromatic rings. The van der Waals surface area contributed by atoms with Gasteiger partial charge in [0.2, 0.25) is 17.6 Å². The van der Waals surface area contributed by atoms with E-state index in [0.29, 0.717) is 18.1 Å². The predicted octanol–water partition coefficient (Wildman–Crippen LogP) is 2.79. The highest BCUT2D eigenvalue weighted by molar-refractivity contribution is 5.85. The van der Waals surface area contributed by atoms with E-state index in [9.17, 15) is 4.79 Å². The Morgan fingerprint density at radius 3 is 2.68 bits per heavy atom. The summed E-state index contributed by atoms with van der Waals surface area (Å²) in [5, 5.41) is 9.99. The van der Waals surface area contributed by atoms with Crippen LogP contribution in [0.1, 0.15) is 38.6 Å². The number of carbonyl (C=O) groups excluding carboxylic acids is 1. The Hall–Kier alpha value is -1.70. The van der Waals surface area contributed by atoms with Crippen LogP contribution in [-0.4, -0.2) is 34.6 Å². The lowest BCUT2D eigenvalue weighted by Gasteiger charge is -2.18. The van der Waals surface area contributed by atoms with E-state index in [2.05, 4.69) is 25.8 Å². The third-order valence-corrected chi connectivity index (χ3v) is 3.44. The van der Waals surface area contributed by atoms with E-state index in [0.717, 1.165) is 18.5 Å². The summed E-state index contributed by atoms with van der Waals surface area (Å²) in [5.41, 5.74) is 0.783. The molecule has 0 saturated heterocycles. The number of rotatable bonds is 8. The van der Waals surface area contributed by atoms with Gasteiger partial charge in [0.05, 0.1) is 0 Å². The van der Waals surface area contributed by atoms with Crippen LogP contribution in [-0.2, 0) is 4.79 Å². The van der Waals surface area contributed by atoms with Crippen molar-refractivity contribution in [1.82, 2.24) is 25.8 Å². The first kappa shape index (κ1) is 23.3. The molecule has 1 atom stereocenters. The minimum atomic E-state index is -0.296. The summed E-state index contributed by atoms with van der Waals surface area (Å²) in [6, 6.07) is 3.38. The molecule has 1 unspecified atom stereocenters. The van der Waals surface area contributed by atoms with Gasteiger partial charge >= 0.3 is 0 Å². The largest absolute Gasteiger partial charge is 0.344 e. The number of pyridine rings is 1. The van der Waals surface area contributed by atoms with E-state index in [1.165, 1.54) is 0 Å². The van der Waals surface area contributed by atoms with Crippen molar-refractivity contribution in [2.75, 3.05) is 13.6 Å². The lowest BCUT2D eigenvalue weighted by atomic mass is 10.0. The first-order valence-electron chi connectivity index (χ1n) is 7.79. The van der Waals surface area contributed by atoms with Crippen molar-refractivity contribution in [2.24, 2.45) is 5.92 Å². The highest BCUT2D eigenvalue weighted by atomic mass is 35.5. The number of hydrogen-bond donors (Lipinski definition) is 2. The van der Waals surface area contributed by atoms with Gasteiger partial charge < -0.3 is 15.2 Å². The van der Waals surface area contributed by atoms with Crippen LogP contribution in [0.25, 0.3) is 11.4 Å². The van der Waals surface area contributed by atoms with Crippen LogP contribution in [0.4, 0.5) is 0 Å². The van der Waals surface area contributed by atoms with Gasteiger partial charge in [-0.15, -0.1) is 24.8 Å². The van der Waals surface area contributed by atoms with Gasteiger partial charge in [0.25, 0.3) is 0 Å². The summed E-state index contributed by atoms with van der Waals surface area (Å²) >= 11 is 0. The van der Waals surface area contributed by atoms with Gasteiger partial charge in [-0.25, -0.2) is 0 Å². The Morgan fingerprint density at radius 2 is 2.08 bits per heavy atom. The first-order valence-corrected chi connectivity index (χ1v) is 7.79. The Labute approximate surface area is 160 Å². The van der Waals surface area contributed by atoms with Gasteiger partial charge in [0.1, 0.15) is 6.04 Å². The molecule has 25 heavy (non-hydrogen) atoms. The summed E-state index contributed by atoms with van der Waals surface area (Å²) in [6.45, 7) is 4.82. The lowest BCUT2D eigenvalue weighted by Crippen LogP contribution is -2.32. The molecular formula is C16H25Cl2N5O2. The Morgan fingerprint density at radius 1 is 1.32 bits per heavy atom. The molecule has 2 heterocycles. The van der Waals surface area contributed by atoms with Crippen LogP contribution in [0.15, 0.2) is 29.0 Å². The molecule has 7 nitrogen and oxygen atoms in total. The second-order valence-electron chi connectivity index (χ2n) is 5.69. The summed E-state index contributed by atoms with van der Waals surface area (Å²) in [6.07, 6.45) is 4.62. The monoisotopic (exact) mass is 389 g/mol. The summed E-state index contributed by atoms with van der Waals surface area (Å²) in [5.74, 6) is 1.02. The maximum absolute atomic E-state index is 12.0. The first-order chi connectivity index (χ1) is 11.1. The summed E-state index contributed by atoms with van der Waals surface area (Å²) in [7, 11) is 1.87. The van der Waals surface area contributed by atoms with E-state index in [4.69, 9.17) is 4.52 Å². The number of aromatic nitrogens is 3. The molecule has 9 heteroatoms. The minimum absolute atomic E-state index is 0. The van der Waals surface area contributed by atoms with Crippen LogP contribution < -0.4 is 10.6 Å². The van der Waals surface area contributed by atoms with E-state index in [1.807, 2.05) is 33.0 Å². The fourth-order valence-corrected chi connectivity index (χ4v) is 2.16. The van der Waals surface area contributed by atoms with Crippen LogP contribution in [0.2, 0.25) is 0 Å². The Bertz CT molecular complexity index is 622. The highest BCUT2D eigenvalue weighted by Gasteiger charge is 2.24. The molecule has 2 rings (SSSR count). The SMILES string of the molecule is CNCCCC(=O)NC(c1nc(-c2cccnc2)no1)C(C)C.Cl.Cl. The maximum atomic E-state index is 12.0. The molecule has 2 aromatic heterocycles. The second kappa shape index (κ2) is 11.8. The molecular weight excluding hydrogens is 365 g/mol. The zero-order valence-corrected chi connectivity index (χ0v) is 16.2. The van der Waals surface area contributed by atoms with Gasteiger partial charge in [-0.2, -0.15) is 4.98 Å². The normalized spacial score (nSPS) is 11.4. The Kier molecular flexibility index (Phi) is 11.0. The van der Waals surface area contributed by atoms with Crippen LogP contribution in [0.3, 0.4) is 0 Å². The number of nitrogens with one attached hydrogen (secondary N) is 2. The summed E-state index contributed by atoms with van der Waals surface area (Å²) in [4.78, 5) is 20.5. The minimum Gasteiger partial charge on any atom is -0.344 e. The van der Waals surface area contributed by atoms with E-state index in [-0.39, 0.29) is 42.7 Å². The molecule has 140 valence electrons. The van der Waals surface area contributed by atoms with E-state index < -0.39 is 0 Å². The molecule has 0 fully saturated rings. The van der Waals surface area contributed by atoms with Crippen molar-refractivity contribution < 1.29 is 9.32 Å². The number of amides is 1. The van der Waals surface area contributed by atoms with Gasteiger partial charge in [0.15, 0.2) is 0 Å². The van der Waals surface area contributed by atoms with Crippen LogP contribution in [0.5, 0.6) is 0 Å². The molecule has 2 N–H and O–H groups in total. The zero-order valence-electron chi connectivity index (χ0n) is 14.6. The van der Waals surface area contributed by atoms with Crippen LogP contribution in [0, 0.1) is 5.92 Å². The third-order valence-electron chi connectivity index (χ3n) is 3.44. The predicted molar refractivity (Wildman–Crippen MR) is 101 cm³/mol. The van der Waals surface area contributed by atoms with Crippen molar-refractivity contribution in [1.29, 1.82) is 0 Å². The van der Waals surface area contributed by atoms with Crippen molar-refractivity contribution in [2.45, 2.75) is 32.7 Å². The molecule has 0 saturated carbocycles. The number of hydrogen-bond acceptors (Lipinski definition) is 6. The van der Waals surface area contributed by atoms with Gasteiger partial charge in [-0.1, -0.05) is 19.0 Å². The molecule has 1 amide bonds. The van der Waals surface area contributed by atoms with Crippen molar-refractivity contribution in [3.63, 3.8) is 0 Å². The van der Waals surface area contributed by atoms with E-state index in [1.54, 1.807) is 12.4 Å². The average molecular weight is 390 g/mol. The van der Waals surface area contributed by atoms with Crippen molar-refractivity contribution in [3.05, 3.63) is 30.4 Å². The quantitative estimate of drug-likeness (QED) is 0.674. The lowest BCUT2D eigenvalue weighted by molar-refractivity contribution is -0.122. The van der Waals surface area contributed by atoms with Crippen molar-refractivity contribution in [3.8, 4) is 11.4 Å². The average Bonchev–Trinajstić information content (AvgIpc) is 3.03. The van der Waals surface area contributed by atoms with Gasteiger partial charge in [-0.05, 0) is 38.1 Å². The Balaban J connectivity index is 0.00000288. The van der Waals surface area contributed by atoms with Gasteiger partial charge in [-0.3, -0.25) is 9.78 Å². The number of carbonyl (C=O) groups is 1. The van der Waals surface area contributed by atoms with E-state index >= 15 is 0 Å². The molecule has 0 spiro atoms. The summed E-state index contributed by atoms with van der Waals surface area (Å²) < 4.78 is 5.35. The molecule has 0 aliphatic carbocycles. The van der Waals surface area contributed by atoms with Crippen molar-refractivity contribution >= 4 is 30.7 Å². The smallest absolute Gasteiger partial charge is 0.249 e. The molecule has 0 radical (unpaired) electrons. The van der Waals surface area contributed by atoms with Gasteiger partial charge in [0, 0.05) is 24.4 Å².